The normalized spacial score (nSPS) is 16.6. The van der Waals surface area contributed by atoms with Crippen LogP contribution in [-0.2, 0) is 19.1 Å². The number of carbonyl (C=O) groups excluding carboxylic acids is 2. The first kappa shape index (κ1) is 16.0. The van der Waals surface area contributed by atoms with Crippen molar-refractivity contribution in [3.63, 3.8) is 0 Å². The maximum absolute atomic E-state index is 12.2. The van der Waals surface area contributed by atoms with Gasteiger partial charge >= 0.3 is 11.9 Å². The van der Waals surface area contributed by atoms with Crippen LogP contribution in [-0.4, -0.2) is 27.5 Å². The Hall–Kier alpha value is -2.89. The van der Waals surface area contributed by atoms with Gasteiger partial charge in [-0.3, -0.25) is 0 Å². The van der Waals surface area contributed by atoms with Crippen LogP contribution in [0, 0.1) is 13.8 Å². The lowest BCUT2D eigenvalue weighted by Crippen LogP contribution is -2.41. The third-order valence-corrected chi connectivity index (χ3v) is 3.67. The fourth-order valence-corrected chi connectivity index (χ4v) is 2.67. The molecule has 0 spiro atoms. The van der Waals surface area contributed by atoms with Crippen molar-refractivity contribution >= 4 is 18.0 Å². The summed E-state index contributed by atoms with van der Waals surface area (Å²) in [5.41, 5.74) is 3.33. The third kappa shape index (κ3) is 2.95. The number of aromatic nitrogens is 2. The minimum Gasteiger partial charge on any atom is -0.419 e. The Kier molecular flexibility index (Phi) is 3.75. The molecule has 0 amide bonds. The summed E-state index contributed by atoms with van der Waals surface area (Å²) in [6.45, 7) is 6.93. The summed E-state index contributed by atoms with van der Waals surface area (Å²) in [6, 6.07) is 5.72. The van der Waals surface area contributed by atoms with Crippen LogP contribution in [0.1, 0.15) is 30.5 Å². The lowest BCUT2D eigenvalue weighted by atomic mass is 10.00. The fourth-order valence-electron chi connectivity index (χ4n) is 2.67. The highest BCUT2D eigenvalue weighted by atomic mass is 16.7. The first-order valence-corrected chi connectivity index (χ1v) is 7.56. The molecule has 1 saturated heterocycles. The van der Waals surface area contributed by atoms with Crippen LogP contribution in [0.25, 0.3) is 11.8 Å². The molecule has 1 aliphatic heterocycles. The molecule has 24 heavy (non-hydrogen) atoms. The summed E-state index contributed by atoms with van der Waals surface area (Å²) >= 11 is 0. The summed E-state index contributed by atoms with van der Waals surface area (Å²) in [6.07, 6.45) is 4.97. The molecule has 1 aromatic carbocycles. The number of ether oxygens (including phenoxy) is 2. The van der Waals surface area contributed by atoms with Gasteiger partial charge in [-0.15, -0.1) is 0 Å². The summed E-state index contributed by atoms with van der Waals surface area (Å²) in [5, 5.41) is 4.24. The van der Waals surface area contributed by atoms with Crippen molar-refractivity contribution in [2.45, 2.75) is 33.5 Å². The predicted octanol–water partition coefficient (Wildman–Crippen LogP) is 2.71. The fraction of sp³-hybridized carbons (Fsp3) is 0.278. The SMILES string of the molecule is Cc1cc(C)c(C=C2C(=O)OC(C)(C)OC2=O)c(-n2cccn2)c1. The molecule has 1 aliphatic rings. The number of nitrogens with zero attached hydrogens (tertiary/aromatic N) is 2. The molecule has 0 unspecified atom stereocenters. The van der Waals surface area contributed by atoms with Gasteiger partial charge in [-0.2, -0.15) is 5.10 Å². The lowest BCUT2D eigenvalue weighted by molar-refractivity contribution is -0.222. The molecule has 2 heterocycles. The van der Waals surface area contributed by atoms with Crippen LogP contribution in [0.2, 0.25) is 0 Å². The van der Waals surface area contributed by atoms with Crippen molar-refractivity contribution in [3.8, 4) is 5.69 Å². The number of hydrogen-bond donors (Lipinski definition) is 0. The van der Waals surface area contributed by atoms with Crippen molar-refractivity contribution in [1.29, 1.82) is 0 Å². The summed E-state index contributed by atoms with van der Waals surface area (Å²) in [5.74, 6) is -2.64. The molecular formula is C18H18N2O4. The molecular weight excluding hydrogens is 308 g/mol. The van der Waals surface area contributed by atoms with Crippen molar-refractivity contribution in [2.24, 2.45) is 0 Å². The topological polar surface area (TPSA) is 70.4 Å². The van der Waals surface area contributed by atoms with E-state index >= 15 is 0 Å². The quantitative estimate of drug-likeness (QED) is 0.482. The highest BCUT2D eigenvalue weighted by molar-refractivity contribution is 6.19. The third-order valence-electron chi connectivity index (χ3n) is 3.67. The van der Waals surface area contributed by atoms with Gasteiger partial charge in [-0.05, 0) is 43.2 Å². The number of hydrogen-bond acceptors (Lipinski definition) is 5. The maximum atomic E-state index is 12.2. The molecule has 3 rings (SSSR count). The van der Waals surface area contributed by atoms with Crippen molar-refractivity contribution in [3.05, 3.63) is 52.9 Å². The van der Waals surface area contributed by atoms with E-state index in [9.17, 15) is 9.59 Å². The van der Waals surface area contributed by atoms with Gasteiger partial charge in [0.2, 0.25) is 0 Å². The lowest BCUT2D eigenvalue weighted by Gasteiger charge is -2.30. The number of rotatable bonds is 2. The molecule has 0 aliphatic carbocycles. The Labute approximate surface area is 139 Å². The van der Waals surface area contributed by atoms with Gasteiger partial charge in [-0.1, -0.05) is 6.07 Å². The van der Waals surface area contributed by atoms with Gasteiger partial charge in [0.05, 0.1) is 5.69 Å². The second kappa shape index (κ2) is 5.63. The molecule has 124 valence electrons. The van der Waals surface area contributed by atoms with Gasteiger partial charge in [0, 0.05) is 31.8 Å². The Morgan fingerprint density at radius 2 is 1.79 bits per heavy atom. The predicted molar refractivity (Wildman–Crippen MR) is 87.3 cm³/mol. The van der Waals surface area contributed by atoms with Gasteiger partial charge in [0.15, 0.2) is 0 Å². The van der Waals surface area contributed by atoms with Crippen LogP contribution in [0.15, 0.2) is 36.2 Å². The van der Waals surface area contributed by atoms with E-state index in [0.29, 0.717) is 5.56 Å². The largest absolute Gasteiger partial charge is 0.419 e. The number of carbonyl (C=O) groups is 2. The van der Waals surface area contributed by atoms with E-state index < -0.39 is 17.7 Å². The van der Waals surface area contributed by atoms with Crippen LogP contribution in [0.3, 0.4) is 0 Å². The number of esters is 2. The molecule has 0 saturated carbocycles. The number of aryl methyl sites for hydroxylation is 2. The zero-order valence-corrected chi connectivity index (χ0v) is 14.0. The summed E-state index contributed by atoms with van der Waals surface area (Å²) < 4.78 is 12.0. The first-order valence-electron chi connectivity index (χ1n) is 7.56. The Morgan fingerprint density at radius 3 is 2.38 bits per heavy atom. The maximum Gasteiger partial charge on any atom is 0.348 e. The second-order valence-corrected chi connectivity index (χ2v) is 6.20. The number of benzene rings is 1. The van der Waals surface area contributed by atoms with Crippen molar-refractivity contribution in [2.75, 3.05) is 0 Å². The van der Waals surface area contributed by atoms with Crippen molar-refractivity contribution in [1.82, 2.24) is 9.78 Å². The molecule has 1 fully saturated rings. The highest BCUT2D eigenvalue weighted by Gasteiger charge is 2.39. The standard InChI is InChI=1S/C18H18N2O4/c1-11-8-12(2)13(15(9-11)20-7-5-6-19-20)10-14-16(21)23-18(3,4)24-17(14)22/h5-10H,1-4H3. The average Bonchev–Trinajstić information content (AvgIpc) is 2.96. The zero-order chi connectivity index (χ0) is 17.5. The summed E-state index contributed by atoms with van der Waals surface area (Å²) in [7, 11) is 0. The second-order valence-electron chi connectivity index (χ2n) is 6.20. The van der Waals surface area contributed by atoms with E-state index in [1.54, 1.807) is 23.1 Å². The van der Waals surface area contributed by atoms with Crippen LogP contribution >= 0.6 is 0 Å². The van der Waals surface area contributed by atoms with Gasteiger partial charge in [0.1, 0.15) is 5.57 Å². The Morgan fingerprint density at radius 1 is 1.12 bits per heavy atom. The molecule has 1 aromatic heterocycles. The molecule has 0 radical (unpaired) electrons. The van der Waals surface area contributed by atoms with Gasteiger partial charge in [-0.25, -0.2) is 14.3 Å². The van der Waals surface area contributed by atoms with Crippen molar-refractivity contribution < 1.29 is 19.1 Å². The highest BCUT2D eigenvalue weighted by Crippen LogP contribution is 2.28. The van der Waals surface area contributed by atoms with Gasteiger partial charge < -0.3 is 9.47 Å². The van der Waals surface area contributed by atoms with E-state index in [4.69, 9.17) is 9.47 Å². The molecule has 0 atom stereocenters. The molecule has 0 bridgehead atoms. The van der Waals surface area contributed by atoms with E-state index in [1.165, 1.54) is 19.9 Å². The van der Waals surface area contributed by atoms with Gasteiger partial charge in [0.25, 0.3) is 5.79 Å². The van der Waals surface area contributed by atoms with E-state index in [-0.39, 0.29) is 5.57 Å². The van der Waals surface area contributed by atoms with E-state index in [2.05, 4.69) is 5.10 Å². The minimum absolute atomic E-state index is 0.130. The van der Waals surface area contributed by atoms with Crippen LogP contribution in [0.5, 0.6) is 0 Å². The molecule has 6 heteroatoms. The smallest absolute Gasteiger partial charge is 0.348 e. The van der Waals surface area contributed by atoms with Crippen LogP contribution in [0.4, 0.5) is 0 Å². The molecule has 0 N–H and O–H groups in total. The average molecular weight is 326 g/mol. The Balaban J connectivity index is 2.13. The summed E-state index contributed by atoms with van der Waals surface area (Å²) in [4.78, 5) is 24.4. The van der Waals surface area contributed by atoms with Crippen LogP contribution < -0.4 is 0 Å². The molecule has 6 nitrogen and oxygen atoms in total. The minimum atomic E-state index is -1.25. The number of cyclic esters (lactones) is 2. The van der Waals surface area contributed by atoms with E-state index in [0.717, 1.165) is 16.8 Å². The molecule has 2 aromatic rings. The first-order chi connectivity index (χ1) is 11.3. The van der Waals surface area contributed by atoms with E-state index in [1.807, 2.05) is 26.0 Å². The zero-order valence-electron chi connectivity index (χ0n) is 14.0. The monoisotopic (exact) mass is 326 g/mol. The Bertz CT molecular complexity index is 826.